The van der Waals surface area contributed by atoms with Gasteiger partial charge in [0.1, 0.15) is 17.6 Å². The molecule has 0 spiro atoms. The topological polar surface area (TPSA) is 41.9 Å². The molecule has 0 aromatic heterocycles. The zero-order chi connectivity index (χ0) is 27.8. The van der Waals surface area contributed by atoms with Crippen molar-refractivity contribution in [2.75, 3.05) is 6.61 Å². The van der Waals surface area contributed by atoms with E-state index in [1.54, 1.807) is 66.7 Å². The Hall–Kier alpha value is -2.74. The number of amidine groups is 1. The number of alkyl halides is 3. The maximum Gasteiger partial charge on any atom is 0.422 e. The van der Waals surface area contributed by atoms with Gasteiger partial charge in [0.2, 0.25) is 0 Å². The molecule has 0 radical (unpaired) electrons. The lowest BCUT2D eigenvalue weighted by molar-refractivity contribution is -0.153. The highest BCUT2D eigenvalue weighted by Crippen LogP contribution is 2.46. The molecule has 1 amide bonds. The van der Waals surface area contributed by atoms with Gasteiger partial charge in [-0.3, -0.25) is 14.7 Å². The van der Waals surface area contributed by atoms with Gasteiger partial charge in [-0.1, -0.05) is 74.3 Å². The number of carbonyl (C=O) groups is 1. The van der Waals surface area contributed by atoms with E-state index in [9.17, 15) is 18.0 Å². The van der Waals surface area contributed by atoms with Gasteiger partial charge in [0, 0.05) is 10.0 Å². The van der Waals surface area contributed by atoms with Gasteiger partial charge in [-0.2, -0.15) is 13.2 Å². The van der Waals surface area contributed by atoms with Crippen molar-refractivity contribution in [3.63, 3.8) is 0 Å². The number of benzene rings is 3. The van der Waals surface area contributed by atoms with Crippen LogP contribution in [-0.2, 0) is 5.41 Å². The lowest BCUT2D eigenvalue weighted by atomic mass is 9.86. The summed E-state index contributed by atoms with van der Waals surface area (Å²) in [5.74, 6) is 0.0468. The molecule has 0 N–H and O–H groups in total. The van der Waals surface area contributed by atoms with Gasteiger partial charge in [0.25, 0.3) is 0 Å². The fourth-order valence-corrected chi connectivity index (χ4v) is 4.73. The molecule has 1 heterocycles. The fraction of sp³-hybridized carbons (Fsp3) is 0.286. The van der Waals surface area contributed by atoms with E-state index >= 15 is 0 Å². The lowest BCUT2D eigenvalue weighted by Crippen LogP contribution is -2.34. The van der Waals surface area contributed by atoms with Crippen LogP contribution in [0.3, 0.4) is 0 Å². The van der Waals surface area contributed by atoms with Crippen molar-refractivity contribution in [2.45, 2.75) is 44.4 Å². The number of hydrogen-bond donors (Lipinski definition) is 0. The van der Waals surface area contributed by atoms with Gasteiger partial charge in [-0.05, 0) is 70.1 Å². The van der Waals surface area contributed by atoms with E-state index in [1.165, 1.54) is 4.90 Å². The average molecular weight is 584 g/mol. The molecule has 10 heteroatoms. The zero-order valence-corrected chi connectivity index (χ0v) is 23.0. The second kappa shape index (κ2) is 10.8. The highest BCUT2D eigenvalue weighted by Gasteiger charge is 2.43. The maximum absolute atomic E-state index is 13.2. The number of amides is 1. The highest BCUT2D eigenvalue weighted by atomic mass is 35.5. The normalized spacial score (nSPS) is 17.9. The van der Waals surface area contributed by atoms with Crippen molar-refractivity contribution < 1.29 is 22.7 Å². The molecule has 1 aliphatic rings. The van der Waals surface area contributed by atoms with Crippen LogP contribution in [0.1, 0.15) is 55.1 Å². The van der Waals surface area contributed by atoms with E-state index in [2.05, 4.69) is 0 Å². The number of ether oxygens (including phenoxy) is 1. The lowest BCUT2D eigenvalue weighted by Gasteiger charge is -2.28. The standard InChI is InChI=1S/C28H24Cl3F3N2O2/c1-27(2,3)18-8-13-21(22(14-18)38-15-28(32,33)34)25-35-23(16-4-9-19(29)10-5-16)24(36(25)26(31)37)17-6-11-20(30)12-7-17/h4-14,23-24H,15H2,1-3H3/t23-,24-/m1/s1. The smallest absolute Gasteiger partial charge is 0.422 e. The number of nitrogens with zero attached hydrogens (tertiary/aromatic N) is 2. The summed E-state index contributed by atoms with van der Waals surface area (Å²) in [7, 11) is 0. The molecule has 3 aromatic carbocycles. The Morgan fingerprint density at radius 1 is 0.921 bits per heavy atom. The van der Waals surface area contributed by atoms with E-state index < -0.39 is 30.2 Å². The molecule has 0 aliphatic carbocycles. The molecule has 3 aromatic rings. The van der Waals surface area contributed by atoms with Gasteiger partial charge in [0.05, 0.1) is 11.6 Å². The van der Waals surface area contributed by atoms with E-state index in [4.69, 9.17) is 44.5 Å². The molecule has 1 aliphatic heterocycles. The minimum Gasteiger partial charge on any atom is -0.483 e. The number of rotatable bonds is 5. The van der Waals surface area contributed by atoms with Crippen LogP contribution in [0.5, 0.6) is 5.75 Å². The second-order valence-electron chi connectivity index (χ2n) is 9.93. The molecule has 0 fully saturated rings. The minimum absolute atomic E-state index is 0.0528. The van der Waals surface area contributed by atoms with Crippen LogP contribution in [0.25, 0.3) is 0 Å². The molecule has 0 unspecified atom stereocenters. The summed E-state index contributed by atoms with van der Waals surface area (Å²) in [5, 5.41) is 0.173. The largest absolute Gasteiger partial charge is 0.483 e. The first-order valence-corrected chi connectivity index (χ1v) is 12.8. The highest BCUT2D eigenvalue weighted by molar-refractivity contribution is 6.64. The summed E-state index contributed by atoms with van der Waals surface area (Å²) >= 11 is 18.3. The zero-order valence-electron chi connectivity index (χ0n) is 20.7. The molecule has 200 valence electrons. The van der Waals surface area contributed by atoms with Crippen LogP contribution in [0.15, 0.2) is 71.7 Å². The van der Waals surface area contributed by atoms with Crippen LogP contribution in [0.2, 0.25) is 10.0 Å². The summed E-state index contributed by atoms with van der Waals surface area (Å²) in [6.45, 7) is 4.30. The summed E-state index contributed by atoms with van der Waals surface area (Å²) in [4.78, 5) is 19.0. The van der Waals surface area contributed by atoms with Crippen molar-refractivity contribution in [3.05, 3.63) is 99.0 Å². The Kier molecular flexibility index (Phi) is 8.03. The third kappa shape index (κ3) is 6.28. The minimum atomic E-state index is -4.56. The van der Waals surface area contributed by atoms with Gasteiger partial charge >= 0.3 is 11.5 Å². The first-order chi connectivity index (χ1) is 17.7. The summed E-state index contributed by atoms with van der Waals surface area (Å²) < 4.78 is 44.7. The van der Waals surface area contributed by atoms with Crippen LogP contribution in [0, 0.1) is 0 Å². The molecule has 4 rings (SSSR count). The third-order valence-electron chi connectivity index (χ3n) is 6.16. The Balaban J connectivity index is 1.91. The number of aliphatic imine (C=N–C) groups is 1. The van der Waals surface area contributed by atoms with E-state index in [-0.39, 0.29) is 22.6 Å². The second-order valence-corrected chi connectivity index (χ2v) is 11.1. The molecule has 38 heavy (non-hydrogen) atoms. The summed E-state index contributed by atoms with van der Waals surface area (Å²) in [5.41, 5.74) is 2.02. The van der Waals surface area contributed by atoms with Gasteiger partial charge in [-0.25, -0.2) is 0 Å². The van der Waals surface area contributed by atoms with Crippen molar-refractivity contribution in [1.82, 2.24) is 4.90 Å². The SMILES string of the molecule is CC(C)(C)c1ccc(C2=N[C@H](c3ccc(Cl)cc3)[C@@H](c3ccc(Cl)cc3)N2C(=O)Cl)c(OCC(F)(F)F)c1. The van der Waals surface area contributed by atoms with E-state index in [0.717, 1.165) is 11.1 Å². The molecule has 0 saturated carbocycles. The van der Waals surface area contributed by atoms with E-state index in [1.807, 2.05) is 20.8 Å². The first kappa shape index (κ1) is 28.3. The Morgan fingerprint density at radius 2 is 1.47 bits per heavy atom. The van der Waals surface area contributed by atoms with Crippen LogP contribution in [0.4, 0.5) is 18.0 Å². The Bertz CT molecular complexity index is 1350. The average Bonchev–Trinajstić information content (AvgIpc) is 3.23. The van der Waals surface area contributed by atoms with Crippen molar-refractivity contribution in [1.29, 1.82) is 0 Å². The number of halogens is 6. The van der Waals surface area contributed by atoms with Crippen LogP contribution in [-0.4, -0.2) is 28.9 Å². The number of carbonyl (C=O) groups excluding carboxylic acids is 1. The molecule has 2 atom stereocenters. The van der Waals surface area contributed by atoms with Crippen molar-refractivity contribution in [3.8, 4) is 5.75 Å². The Morgan fingerprint density at radius 3 is 1.97 bits per heavy atom. The quantitative estimate of drug-likeness (QED) is 0.222. The van der Waals surface area contributed by atoms with Crippen LogP contribution < -0.4 is 4.74 Å². The first-order valence-electron chi connectivity index (χ1n) is 11.7. The van der Waals surface area contributed by atoms with Crippen molar-refractivity contribution in [2.24, 2.45) is 4.99 Å². The van der Waals surface area contributed by atoms with Crippen LogP contribution >= 0.6 is 34.8 Å². The maximum atomic E-state index is 13.2. The molecular weight excluding hydrogens is 560 g/mol. The molecular formula is C28H24Cl3F3N2O2. The van der Waals surface area contributed by atoms with E-state index in [0.29, 0.717) is 15.6 Å². The fourth-order valence-electron chi connectivity index (χ4n) is 4.29. The van der Waals surface area contributed by atoms with Gasteiger partial charge in [0.15, 0.2) is 6.61 Å². The third-order valence-corrected chi connectivity index (χ3v) is 6.85. The predicted octanol–water partition coefficient (Wildman–Crippen LogP) is 9.14. The monoisotopic (exact) mass is 582 g/mol. The van der Waals surface area contributed by atoms with Crippen molar-refractivity contribution >= 4 is 46.0 Å². The van der Waals surface area contributed by atoms with Gasteiger partial charge < -0.3 is 4.74 Å². The summed E-state index contributed by atoms with van der Waals surface area (Å²) in [6, 6.07) is 17.4. The molecule has 4 nitrogen and oxygen atoms in total. The molecule has 0 bridgehead atoms. The predicted molar refractivity (Wildman–Crippen MR) is 145 cm³/mol. The van der Waals surface area contributed by atoms with Gasteiger partial charge in [-0.15, -0.1) is 0 Å². The Labute approximate surface area is 234 Å². The molecule has 0 saturated heterocycles. The number of hydrogen-bond acceptors (Lipinski definition) is 3. The summed E-state index contributed by atoms with van der Waals surface area (Å²) in [6.07, 6.45) is -4.56.